The van der Waals surface area contributed by atoms with Crippen LogP contribution in [0.15, 0.2) is 24.3 Å². The number of ether oxygens (including phenoxy) is 1. The van der Waals surface area contributed by atoms with Crippen LogP contribution in [0.25, 0.3) is 5.65 Å². The summed E-state index contributed by atoms with van der Waals surface area (Å²) >= 11 is 0. The van der Waals surface area contributed by atoms with Crippen molar-refractivity contribution in [3.05, 3.63) is 30.1 Å². The van der Waals surface area contributed by atoms with Gasteiger partial charge in [0.05, 0.1) is 13.2 Å². The summed E-state index contributed by atoms with van der Waals surface area (Å²) in [7, 11) is 0. The van der Waals surface area contributed by atoms with Gasteiger partial charge in [-0.15, -0.1) is 25.5 Å². The first-order chi connectivity index (χ1) is 15.0. The molecular formula is C18H20F3N9O. The molecule has 164 valence electrons. The lowest BCUT2D eigenvalue weighted by Crippen LogP contribution is -2.47. The van der Waals surface area contributed by atoms with Crippen LogP contribution in [0.2, 0.25) is 0 Å². The molecule has 0 spiro atoms. The molecule has 5 heterocycles. The van der Waals surface area contributed by atoms with Gasteiger partial charge in [-0.05, 0) is 24.3 Å². The quantitative estimate of drug-likeness (QED) is 0.600. The number of anilines is 3. The van der Waals surface area contributed by atoms with E-state index < -0.39 is 12.0 Å². The summed E-state index contributed by atoms with van der Waals surface area (Å²) in [5, 5.41) is 19.6. The molecule has 31 heavy (non-hydrogen) atoms. The Labute approximate surface area is 175 Å². The van der Waals surface area contributed by atoms with Crippen molar-refractivity contribution >= 4 is 23.1 Å². The van der Waals surface area contributed by atoms with E-state index in [4.69, 9.17) is 4.74 Å². The Kier molecular flexibility index (Phi) is 4.96. The van der Waals surface area contributed by atoms with Crippen molar-refractivity contribution in [2.45, 2.75) is 6.18 Å². The second kappa shape index (κ2) is 7.80. The van der Waals surface area contributed by atoms with Crippen molar-refractivity contribution in [2.24, 2.45) is 0 Å². The van der Waals surface area contributed by atoms with E-state index in [1.807, 2.05) is 17.0 Å². The largest absolute Gasteiger partial charge is 0.453 e. The molecule has 3 aromatic heterocycles. The number of nitrogens with zero attached hydrogens (tertiary/aromatic N) is 9. The monoisotopic (exact) mass is 435 g/mol. The van der Waals surface area contributed by atoms with E-state index in [1.54, 1.807) is 6.07 Å². The molecule has 5 rings (SSSR count). The van der Waals surface area contributed by atoms with Crippen molar-refractivity contribution in [1.82, 2.24) is 30.0 Å². The fourth-order valence-corrected chi connectivity index (χ4v) is 3.74. The van der Waals surface area contributed by atoms with Gasteiger partial charge in [-0.2, -0.15) is 17.7 Å². The molecular weight excluding hydrogens is 415 g/mol. The van der Waals surface area contributed by atoms with E-state index in [0.29, 0.717) is 45.2 Å². The summed E-state index contributed by atoms with van der Waals surface area (Å²) in [5.41, 5.74) is 0.0605. The van der Waals surface area contributed by atoms with Crippen molar-refractivity contribution in [1.29, 1.82) is 0 Å². The van der Waals surface area contributed by atoms with Crippen LogP contribution in [-0.4, -0.2) is 82.5 Å². The second-order valence-electron chi connectivity index (χ2n) is 7.31. The number of hydrogen-bond acceptors (Lipinski definition) is 9. The molecule has 13 heteroatoms. The number of fused-ring (bicyclic) bond motifs is 1. The first-order valence-corrected chi connectivity index (χ1v) is 9.95. The highest BCUT2D eigenvalue weighted by Crippen LogP contribution is 2.28. The van der Waals surface area contributed by atoms with Crippen molar-refractivity contribution < 1.29 is 17.9 Å². The highest BCUT2D eigenvalue weighted by molar-refractivity contribution is 5.49. The van der Waals surface area contributed by atoms with E-state index >= 15 is 0 Å². The summed E-state index contributed by atoms with van der Waals surface area (Å²) in [5.74, 6) is 0.931. The van der Waals surface area contributed by atoms with Gasteiger partial charge in [0.15, 0.2) is 17.3 Å². The van der Waals surface area contributed by atoms with Gasteiger partial charge in [-0.1, -0.05) is 0 Å². The Morgan fingerprint density at radius 1 is 0.677 bits per heavy atom. The van der Waals surface area contributed by atoms with Gasteiger partial charge in [0, 0.05) is 39.3 Å². The molecule has 0 amide bonds. The number of halogens is 3. The van der Waals surface area contributed by atoms with Gasteiger partial charge in [-0.25, -0.2) is 0 Å². The summed E-state index contributed by atoms with van der Waals surface area (Å²) in [6.07, 6.45) is -4.62. The van der Waals surface area contributed by atoms with Gasteiger partial charge in [-0.3, -0.25) is 0 Å². The van der Waals surface area contributed by atoms with Gasteiger partial charge in [0.25, 0.3) is 5.82 Å². The smallest absolute Gasteiger partial charge is 0.378 e. The van der Waals surface area contributed by atoms with E-state index in [1.165, 1.54) is 6.07 Å². The maximum atomic E-state index is 13.1. The fourth-order valence-electron chi connectivity index (χ4n) is 3.74. The normalized spacial score (nSPS) is 18.1. The lowest BCUT2D eigenvalue weighted by atomic mass is 10.3. The van der Waals surface area contributed by atoms with Crippen LogP contribution in [0.3, 0.4) is 0 Å². The maximum Gasteiger partial charge on any atom is 0.453 e. The molecule has 0 aliphatic carbocycles. The Balaban J connectivity index is 1.26. The van der Waals surface area contributed by atoms with Crippen LogP contribution >= 0.6 is 0 Å². The minimum atomic E-state index is -4.62. The number of hydrogen-bond donors (Lipinski definition) is 0. The Hall–Kier alpha value is -3.22. The topological polar surface area (TPSA) is 87.8 Å². The highest BCUT2D eigenvalue weighted by atomic mass is 19.4. The third-order valence-electron chi connectivity index (χ3n) is 5.40. The van der Waals surface area contributed by atoms with Crippen LogP contribution in [0.1, 0.15) is 5.82 Å². The zero-order chi connectivity index (χ0) is 21.4. The van der Waals surface area contributed by atoms with E-state index in [9.17, 15) is 13.2 Å². The second-order valence-corrected chi connectivity index (χ2v) is 7.31. The molecule has 0 unspecified atom stereocenters. The van der Waals surface area contributed by atoms with Gasteiger partial charge in [0.2, 0.25) is 0 Å². The number of morpholine rings is 1. The van der Waals surface area contributed by atoms with E-state index in [0.717, 1.165) is 29.2 Å². The first-order valence-electron chi connectivity index (χ1n) is 9.95. The lowest BCUT2D eigenvalue weighted by Gasteiger charge is -2.36. The van der Waals surface area contributed by atoms with Crippen molar-refractivity contribution in [3.63, 3.8) is 0 Å². The third-order valence-corrected chi connectivity index (χ3v) is 5.40. The van der Waals surface area contributed by atoms with Gasteiger partial charge in [0.1, 0.15) is 5.82 Å². The van der Waals surface area contributed by atoms with Gasteiger partial charge >= 0.3 is 6.18 Å². The van der Waals surface area contributed by atoms with E-state index in [-0.39, 0.29) is 5.65 Å². The molecule has 0 aromatic carbocycles. The molecule has 10 nitrogen and oxygen atoms in total. The van der Waals surface area contributed by atoms with Crippen LogP contribution in [0.4, 0.5) is 30.6 Å². The molecule has 0 bridgehead atoms. The molecule has 0 N–H and O–H groups in total. The Bertz CT molecular complexity index is 1040. The van der Waals surface area contributed by atoms with Crippen molar-refractivity contribution in [3.8, 4) is 0 Å². The average Bonchev–Trinajstić information content (AvgIpc) is 3.24. The number of aromatic nitrogens is 6. The molecule has 3 aromatic rings. The van der Waals surface area contributed by atoms with Crippen LogP contribution in [0.5, 0.6) is 0 Å². The molecule has 2 saturated heterocycles. The van der Waals surface area contributed by atoms with Crippen molar-refractivity contribution in [2.75, 3.05) is 67.2 Å². The fraction of sp³-hybridized carbons (Fsp3) is 0.500. The van der Waals surface area contributed by atoms with Crippen LogP contribution in [0, 0.1) is 0 Å². The minimum absolute atomic E-state index is 0.0605. The van der Waals surface area contributed by atoms with Crippen LogP contribution < -0.4 is 14.7 Å². The molecule has 0 radical (unpaired) electrons. The Morgan fingerprint density at radius 3 is 1.81 bits per heavy atom. The lowest BCUT2D eigenvalue weighted by molar-refractivity contribution is -0.146. The molecule has 2 aliphatic rings. The molecule has 2 fully saturated rings. The molecule has 2 aliphatic heterocycles. The molecule has 0 saturated carbocycles. The maximum absolute atomic E-state index is 13.1. The summed E-state index contributed by atoms with van der Waals surface area (Å²) < 4.78 is 45.4. The average molecular weight is 435 g/mol. The number of rotatable bonds is 3. The third kappa shape index (κ3) is 3.92. The predicted octanol–water partition coefficient (Wildman–Crippen LogP) is 1.10. The summed E-state index contributed by atoms with van der Waals surface area (Å²) in [6.45, 7) is 5.46. The standard InChI is InChI=1S/C18H20F3N9O/c19-18(20,21)17-25-24-15-3-4-16(26-30(15)17)28-7-5-27(6-8-28)13-1-2-14(23-22-13)29-9-11-31-12-10-29/h1-4H,5-12H2. The SMILES string of the molecule is FC(F)(F)c1nnc2ccc(N3CCN(c4ccc(N5CCOCC5)nn4)CC3)nn12. The number of piperazine rings is 1. The number of alkyl halides is 3. The summed E-state index contributed by atoms with van der Waals surface area (Å²) in [4.78, 5) is 6.18. The predicted molar refractivity (Wildman–Crippen MR) is 105 cm³/mol. The zero-order valence-electron chi connectivity index (χ0n) is 16.5. The Morgan fingerprint density at radius 2 is 1.23 bits per heavy atom. The van der Waals surface area contributed by atoms with E-state index in [2.05, 4.69) is 35.3 Å². The highest BCUT2D eigenvalue weighted by Gasteiger charge is 2.38. The van der Waals surface area contributed by atoms with Gasteiger partial charge < -0.3 is 19.4 Å². The van der Waals surface area contributed by atoms with Crippen LogP contribution in [-0.2, 0) is 10.9 Å². The molecule has 0 atom stereocenters. The summed E-state index contributed by atoms with van der Waals surface area (Å²) in [6, 6.07) is 7.06. The first kappa shape index (κ1) is 19.7. The zero-order valence-corrected chi connectivity index (χ0v) is 16.5. The minimum Gasteiger partial charge on any atom is -0.378 e.